The number of amides is 1. The van der Waals surface area contributed by atoms with Crippen LogP contribution in [0.5, 0.6) is 5.75 Å². The molecule has 0 radical (unpaired) electrons. The predicted octanol–water partition coefficient (Wildman–Crippen LogP) is 3.75. The number of hydrogen-bond donors (Lipinski definition) is 1. The number of carbonyl (C=O) groups excluding carboxylic acids is 1. The van der Waals surface area contributed by atoms with Crippen molar-refractivity contribution in [2.75, 3.05) is 0 Å². The number of benzene rings is 2. The number of aromatic nitrogens is 2. The van der Waals surface area contributed by atoms with Crippen molar-refractivity contribution in [3.8, 4) is 17.1 Å². The molecule has 1 atom stereocenters. The molecule has 0 fully saturated rings. The molecule has 0 saturated carbocycles. The summed E-state index contributed by atoms with van der Waals surface area (Å²) in [4.78, 5) is 16.6. The molecule has 140 valence electrons. The Morgan fingerprint density at radius 2 is 1.93 bits per heavy atom. The highest BCUT2D eigenvalue weighted by atomic mass is 16.5. The first-order chi connectivity index (χ1) is 12.9. The minimum absolute atomic E-state index is 0.151. The normalized spacial score (nSPS) is 11.9. The van der Waals surface area contributed by atoms with E-state index in [9.17, 15) is 4.79 Å². The Kier molecular flexibility index (Phi) is 5.54. The van der Waals surface area contributed by atoms with E-state index in [-0.39, 0.29) is 12.5 Å². The Hall–Kier alpha value is -3.15. The van der Waals surface area contributed by atoms with E-state index >= 15 is 0 Å². The molecule has 1 N–H and O–H groups in total. The van der Waals surface area contributed by atoms with E-state index in [0.29, 0.717) is 17.5 Å². The zero-order valence-electron chi connectivity index (χ0n) is 15.9. The second-order valence-electron chi connectivity index (χ2n) is 6.63. The molecular formula is C21H23N3O3. The molecule has 1 heterocycles. The summed E-state index contributed by atoms with van der Waals surface area (Å²) < 4.78 is 11.0. The van der Waals surface area contributed by atoms with Crippen molar-refractivity contribution in [3.63, 3.8) is 0 Å². The molecule has 6 nitrogen and oxygen atoms in total. The van der Waals surface area contributed by atoms with Crippen molar-refractivity contribution >= 4 is 5.91 Å². The zero-order valence-corrected chi connectivity index (χ0v) is 15.9. The maximum atomic E-state index is 12.3. The number of nitrogens with zero attached hydrogens (tertiary/aromatic N) is 2. The molecule has 1 amide bonds. The fourth-order valence-electron chi connectivity index (χ4n) is 2.71. The van der Waals surface area contributed by atoms with Gasteiger partial charge in [0.15, 0.2) is 6.10 Å². The Labute approximate surface area is 158 Å². The van der Waals surface area contributed by atoms with Crippen molar-refractivity contribution in [1.29, 1.82) is 0 Å². The molecule has 0 aliphatic rings. The van der Waals surface area contributed by atoms with Gasteiger partial charge in [0.05, 0.1) is 6.54 Å². The molecule has 0 aliphatic carbocycles. The molecule has 6 heteroatoms. The van der Waals surface area contributed by atoms with Crippen LogP contribution in [0.4, 0.5) is 0 Å². The third kappa shape index (κ3) is 4.73. The van der Waals surface area contributed by atoms with E-state index in [1.807, 2.05) is 63.2 Å². The summed E-state index contributed by atoms with van der Waals surface area (Å²) >= 11 is 0. The van der Waals surface area contributed by atoms with Crippen molar-refractivity contribution < 1.29 is 14.1 Å². The third-order valence-corrected chi connectivity index (χ3v) is 4.16. The minimum Gasteiger partial charge on any atom is -0.481 e. The summed E-state index contributed by atoms with van der Waals surface area (Å²) in [5.41, 5.74) is 4.14. The summed E-state index contributed by atoms with van der Waals surface area (Å²) in [7, 11) is 0. The van der Waals surface area contributed by atoms with Gasteiger partial charge in [0, 0.05) is 5.56 Å². The summed E-state index contributed by atoms with van der Waals surface area (Å²) in [6.45, 7) is 7.83. The molecule has 0 bridgehead atoms. The minimum atomic E-state index is -0.634. The van der Waals surface area contributed by atoms with Crippen molar-refractivity contribution in [2.45, 2.75) is 40.3 Å². The number of carbonyl (C=O) groups is 1. The lowest BCUT2D eigenvalue weighted by atomic mass is 10.1. The quantitative estimate of drug-likeness (QED) is 0.720. The average molecular weight is 365 g/mol. The lowest BCUT2D eigenvalue weighted by molar-refractivity contribution is -0.127. The molecule has 0 spiro atoms. The highest BCUT2D eigenvalue weighted by Crippen LogP contribution is 2.20. The van der Waals surface area contributed by atoms with E-state index in [2.05, 4.69) is 15.5 Å². The van der Waals surface area contributed by atoms with Crippen LogP contribution < -0.4 is 10.1 Å². The van der Waals surface area contributed by atoms with E-state index in [1.165, 1.54) is 0 Å². The SMILES string of the molecule is Cc1cccc(-c2noc(CNC(=O)[C@@H](C)Oc3ccc(C)cc3C)n2)c1. The van der Waals surface area contributed by atoms with E-state index in [1.54, 1.807) is 6.92 Å². The van der Waals surface area contributed by atoms with Gasteiger partial charge in [0.1, 0.15) is 5.75 Å². The molecule has 2 aromatic carbocycles. The van der Waals surface area contributed by atoms with Gasteiger partial charge in [-0.05, 0) is 45.4 Å². The Morgan fingerprint density at radius 3 is 2.67 bits per heavy atom. The molecule has 3 aromatic rings. The van der Waals surface area contributed by atoms with Gasteiger partial charge in [-0.25, -0.2) is 0 Å². The maximum Gasteiger partial charge on any atom is 0.261 e. The van der Waals surface area contributed by atoms with Crippen LogP contribution in [0.1, 0.15) is 29.5 Å². The third-order valence-electron chi connectivity index (χ3n) is 4.16. The Morgan fingerprint density at radius 1 is 1.15 bits per heavy atom. The van der Waals surface area contributed by atoms with Crippen molar-refractivity contribution in [1.82, 2.24) is 15.5 Å². The number of rotatable bonds is 6. The lowest BCUT2D eigenvalue weighted by Crippen LogP contribution is -2.36. The van der Waals surface area contributed by atoms with Crippen molar-refractivity contribution in [3.05, 3.63) is 65.0 Å². The Bertz CT molecular complexity index is 949. The molecule has 0 unspecified atom stereocenters. The highest BCUT2D eigenvalue weighted by molar-refractivity contribution is 5.80. The first-order valence-electron chi connectivity index (χ1n) is 8.83. The number of aryl methyl sites for hydroxylation is 3. The topological polar surface area (TPSA) is 77.2 Å². The van der Waals surface area contributed by atoms with Gasteiger partial charge in [0.2, 0.25) is 11.7 Å². The zero-order chi connectivity index (χ0) is 19.4. The molecular weight excluding hydrogens is 342 g/mol. The number of hydrogen-bond acceptors (Lipinski definition) is 5. The smallest absolute Gasteiger partial charge is 0.261 e. The van der Waals surface area contributed by atoms with Gasteiger partial charge in [0.25, 0.3) is 5.91 Å². The lowest BCUT2D eigenvalue weighted by Gasteiger charge is -2.16. The second kappa shape index (κ2) is 8.03. The molecule has 1 aromatic heterocycles. The van der Waals surface area contributed by atoms with Crippen LogP contribution in [0.15, 0.2) is 47.0 Å². The molecule has 0 aliphatic heterocycles. The van der Waals surface area contributed by atoms with E-state index < -0.39 is 6.10 Å². The van der Waals surface area contributed by atoms with Gasteiger partial charge in [-0.2, -0.15) is 4.98 Å². The predicted molar refractivity (Wildman–Crippen MR) is 102 cm³/mol. The summed E-state index contributed by atoms with van der Waals surface area (Å²) in [6, 6.07) is 13.7. The second-order valence-corrected chi connectivity index (χ2v) is 6.63. The van der Waals surface area contributed by atoms with Crippen LogP contribution >= 0.6 is 0 Å². The molecule has 3 rings (SSSR count). The monoisotopic (exact) mass is 365 g/mol. The fraction of sp³-hybridized carbons (Fsp3) is 0.286. The highest BCUT2D eigenvalue weighted by Gasteiger charge is 2.17. The van der Waals surface area contributed by atoms with Gasteiger partial charge >= 0.3 is 0 Å². The van der Waals surface area contributed by atoms with E-state index in [0.717, 1.165) is 22.3 Å². The number of nitrogens with one attached hydrogen (secondary N) is 1. The summed E-state index contributed by atoms with van der Waals surface area (Å²) in [6.07, 6.45) is -0.634. The molecule has 0 saturated heterocycles. The largest absolute Gasteiger partial charge is 0.481 e. The van der Waals surface area contributed by atoms with Gasteiger partial charge < -0.3 is 14.6 Å². The first-order valence-corrected chi connectivity index (χ1v) is 8.83. The van der Waals surface area contributed by atoms with Gasteiger partial charge in [-0.15, -0.1) is 0 Å². The maximum absolute atomic E-state index is 12.3. The van der Waals surface area contributed by atoms with Crippen LogP contribution in [-0.4, -0.2) is 22.2 Å². The van der Waals surface area contributed by atoms with Crippen LogP contribution in [0.3, 0.4) is 0 Å². The summed E-state index contributed by atoms with van der Waals surface area (Å²) in [5.74, 6) is 1.30. The Balaban J connectivity index is 1.57. The van der Waals surface area contributed by atoms with Crippen LogP contribution in [-0.2, 0) is 11.3 Å². The van der Waals surface area contributed by atoms with Gasteiger partial charge in [-0.3, -0.25) is 4.79 Å². The summed E-state index contributed by atoms with van der Waals surface area (Å²) in [5, 5.41) is 6.74. The fourth-order valence-corrected chi connectivity index (χ4v) is 2.71. The first kappa shape index (κ1) is 18.6. The van der Waals surface area contributed by atoms with Crippen LogP contribution in [0.25, 0.3) is 11.4 Å². The van der Waals surface area contributed by atoms with Crippen LogP contribution in [0, 0.1) is 20.8 Å². The van der Waals surface area contributed by atoms with E-state index in [4.69, 9.17) is 9.26 Å². The number of ether oxygens (including phenoxy) is 1. The standard InChI is InChI=1S/C21H23N3O3/c1-13-6-5-7-17(11-13)20-23-19(27-24-20)12-22-21(25)16(4)26-18-9-8-14(2)10-15(18)3/h5-11,16H,12H2,1-4H3,(H,22,25)/t16-/m1/s1. The van der Waals surface area contributed by atoms with Gasteiger partial charge in [-0.1, -0.05) is 46.6 Å². The van der Waals surface area contributed by atoms with Crippen molar-refractivity contribution in [2.24, 2.45) is 0 Å². The average Bonchev–Trinajstić information content (AvgIpc) is 3.11. The van der Waals surface area contributed by atoms with Crippen LogP contribution in [0.2, 0.25) is 0 Å². The molecule has 27 heavy (non-hydrogen) atoms.